The van der Waals surface area contributed by atoms with E-state index in [0.29, 0.717) is 5.56 Å². The van der Waals surface area contributed by atoms with Crippen molar-refractivity contribution in [2.75, 3.05) is 11.5 Å². The van der Waals surface area contributed by atoms with Gasteiger partial charge in [0.1, 0.15) is 18.1 Å². The van der Waals surface area contributed by atoms with Crippen LogP contribution in [0, 0.1) is 0 Å². The zero-order valence-electron chi connectivity index (χ0n) is 19.1. The van der Waals surface area contributed by atoms with Crippen LogP contribution in [0.3, 0.4) is 0 Å². The average Bonchev–Trinajstić information content (AvgIpc) is 3.26. The topological polar surface area (TPSA) is 204 Å². The molecule has 0 aliphatic carbocycles. The number of aromatic amines is 1. The van der Waals surface area contributed by atoms with Crippen LogP contribution in [0.25, 0.3) is 10.9 Å². The minimum absolute atomic E-state index is 0.0311. The number of carboxylic acid groups (broad SMARTS) is 2. The minimum Gasteiger partial charge on any atom is -0.481 e. The van der Waals surface area contributed by atoms with Crippen LogP contribution in [-0.2, 0) is 30.4 Å². The Morgan fingerprint density at radius 2 is 1.50 bits per heavy atom. The fourth-order valence-electron chi connectivity index (χ4n) is 3.36. The molecule has 0 saturated heterocycles. The van der Waals surface area contributed by atoms with E-state index in [1.165, 1.54) is 0 Å². The molecule has 196 valence electrons. The highest BCUT2D eigenvalue weighted by Gasteiger charge is 2.30. The molecule has 1 heterocycles. The summed E-state index contributed by atoms with van der Waals surface area (Å²) in [5.74, 6) is -4.97. The number of thiol groups is 2. The maximum Gasteiger partial charge on any atom is 0.326 e. The molecule has 0 spiro atoms. The lowest BCUT2D eigenvalue weighted by molar-refractivity contribution is -0.143. The lowest BCUT2D eigenvalue weighted by Crippen LogP contribution is -2.58. The molecule has 1 aromatic carbocycles. The van der Waals surface area contributed by atoms with Gasteiger partial charge in [0, 0.05) is 41.4 Å². The first-order valence-electron chi connectivity index (χ1n) is 10.9. The first-order valence-corrected chi connectivity index (χ1v) is 12.2. The molecule has 4 atom stereocenters. The van der Waals surface area contributed by atoms with Crippen molar-refractivity contribution >= 4 is 65.8 Å². The number of benzene rings is 1. The first-order chi connectivity index (χ1) is 17.1. The summed E-state index contributed by atoms with van der Waals surface area (Å²) in [5.41, 5.74) is 7.04. The van der Waals surface area contributed by atoms with E-state index in [9.17, 15) is 29.1 Å². The van der Waals surface area contributed by atoms with Crippen molar-refractivity contribution in [2.45, 2.75) is 43.4 Å². The van der Waals surface area contributed by atoms with Gasteiger partial charge in [-0.1, -0.05) is 18.2 Å². The summed E-state index contributed by atoms with van der Waals surface area (Å²) in [6.45, 7) is 0. The molecule has 0 radical (unpaired) electrons. The number of H-pyrrole nitrogens is 1. The molecule has 36 heavy (non-hydrogen) atoms. The van der Waals surface area contributed by atoms with Gasteiger partial charge < -0.3 is 36.9 Å². The Kier molecular flexibility index (Phi) is 11.1. The van der Waals surface area contributed by atoms with Crippen molar-refractivity contribution in [1.29, 1.82) is 0 Å². The molecule has 8 N–H and O–H groups in total. The minimum atomic E-state index is -1.38. The van der Waals surface area contributed by atoms with Crippen molar-refractivity contribution in [3.8, 4) is 0 Å². The zero-order chi connectivity index (χ0) is 26.8. The Balaban J connectivity index is 2.15. The van der Waals surface area contributed by atoms with Crippen molar-refractivity contribution in [1.82, 2.24) is 20.9 Å². The van der Waals surface area contributed by atoms with E-state index in [0.717, 1.165) is 10.9 Å². The molecule has 0 fully saturated rings. The number of para-hydroxylation sites is 1. The highest BCUT2D eigenvalue weighted by molar-refractivity contribution is 7.80. The van der Waals surface area contributed by atoms with Crippen molar-refractivity contribution in [3.63, 3.8) is 0 Å². The van der Waals surface area contributed by atoms with E-state index in [1.807, 2.05) is 18.2 Å². The van der Waals surface area contributed by atoms with Crippen molar-refractivity contribution in [3.05, 3.63) is 36.0 Å². The predicted molar refractivity (Wildman–Crippen MR) is 138 cm³/mol. The van der Waals surface area contributed by atoms with Gasteiger partial charge in [-0.25, -0.2) is 4.79 Å². The fourth-order valence-corrected chi connectivity index (χ4v) is 3.78. The number of hydrogen-bond acceptors (Lipinski definition) is 8. The second-order valence-electron chi connectivity index (χ2n) is 7.99. The molecule has 3 amide bonds. The number of amides is 3. The Labute approximate surface area is 217 Å². The number of rotatable bonds is 14. The Morgan fingerprint density at radius 3 is 2.11 bits per heavy atom. The molecule has 14 heteroatoms. The maximum absolute atomic E-state index is 13.0. The summed E-state index contributed by atoms with van der Waals surface area (Å²) in [6.07, 6.45) is 0.810. The third kappa shape index (κ3) is 8.17. The number of carbonyl (C=O) groups is 5. The van der Waals surface area contributed by atoms with Crippen LogP contribution < -0.4 is 21.7 Å². The summed E-state index contributed by atoms with van der Waals surface area (Å²) in [4.78, 5) is 63.7. The fraction of sp³-hybridized carbons (Fsp3) is 0.409. The van der Waals surface area contributed by atoms with Crippen molar-refractivity contribution in [2.24, 2.45) is 5.73 Å². The van der Waals surface area contributed by atoms with E-state index in [2.05, 4.69) is 46.2 Å². The molecule has 4 unspecified atom stereocenters. The zero-order valence-corrected chi connectivity index (χ0v) is 20.9. The van der Waals surface area contributed by atoms with Gasteiger partial charge >= 0.3 is 11.9 Å². The normalized spacial score (nSPS) is 14.3. The highest BCUT2D eigenvalue weighted by Crippen LogP contribution is 2.19. The second-order valence-corrected chi connectivity index (χ2v) is 8.72. The van der Waals surface area contributed by atoms with Crippen LogP contribution >= 0.6 is 25.3 Å². The predicted octanol–water partition coefficient (Wildman–Crippen LogP) is -0.699. The van der Waals surface area contributed by atoms with Gasteiger partial charge in [-0.05, 0) is 18.1 Å². The summed E-state index contributed by atoms with van der Waals surface area (Å²) >= 11 is 7.96. The van der Waals surface area contributed by atoms with Crippen LogP contribution in [-0.4, -0.2) is 80.5 Å². The molecule has 0 aliphatic rings. The number of aliphatic carboxylic acids is 2. The Bertz CT molecular complexity index is 1110. The quantitative estimate of drug-likeness (QED) is 0.140. The SMILES string of the molecule is NC(CS)C(=O)NC(CS)C(=O)NC(CCC(=O)O)C(=O)NC(Cc1c[nH]c2ccccc12)C(=O)O. The van der Waals surface area contributed by atoms with E-state index in [-0.39, 0.29) is 24.3 Å². The number of nitrogens with two attached hydrogens (primary N) is 1. The Hall–Kier alpha value is -3.23. The standard InChI is InChI=1S/C22H29N5O7S2/c23-13(9-35)19(30)27-17(10-36)21(32)25-15(5-6-18(28)29)20(31)26-16(22(33)34)7-11-8-24-14-4-2-1-3-12(11)14/h1-4,8,13,15-17,24,35-36H,5-7,9-10,23H2,(H,25,32)(H,26,31)(H,27,30)(H,28,29)(H,33,34). The Morgan fingerprint density at radius 1 is 0.889 bits per heavy atom. The van der Waals surface area contributed by atoms with E-state index < -0.39 is 60.2 Å². The summed E-state index contributed by atoms with van der Waals surface area (Å²) in [5, 5.41) is 26.7. The number of aromatic nitrogens is 1. The van der Waals surface area contributed by atoms with Crippen LogP contribution in [0.1, 0.15) is 18.4 Å². The average molecular weight is 540 g/mol. The summed E-state index contributed by atoms with van der Waals surface area (Å²) < 4.78 is 0. The molecule has 0 aliphatic heterocycles. The van der Waals surface area contributed by atoms with Gasteiger partial charge in [-0.3, -0.25) is 19.2 Å². The third-order valence-electron chi connectivity index (χ3n) is 5.34. The highest BCUT2D eigenvalue weighted by atomic mass is 32.1. The smallest absolute Gasteiger partial charge is 0.326 e. The van der Waals surface area contributed by atoms with Gasteiger partial charge in [0.05, 0.1) is 6.04 Å². The van der Waals surface area contributed by atoms with Crippen LogP contribution in [0.15, 0.2) is 30.5 Å². The largest absolute Gasteiger partial charge is 0.481 e. The van der Waals surface area contributed by atoms with Gasteiger partial charge in [-0.2, -0.15) is 25.3 Å². The van der Waals surface area contributed by atoms with E-state index in [1.54, 1.807) is 12.3 Å². The molecule has 0 saturated carbocycles. The lowest BCUT2D eigenvalue weighted by atomic mass is 10.0. The second kappa shape index (κ2) is 13.8. The van der Waals surface area contributed by atoms with E-state index in [4.69, 9.17) is 10.8 Å². The summed E-state index contributed by atoms with van der Waals surface area (Å²) in [6, 6.07) is 2.37. The number of nitrogens with one attached hydrogen (secondary N) is 4. The van der Waals surface area contributed by atoms with E-state index >= 15 is 0 Å². The molecule has 2 aromatic rings. The van der Waals surface area contributed by atoms with Crippen LogP contribution in [0.4, 0.5) is 0 Å². The van der Waals surface area contributed by atoms with Gasteiger partial charge in [-0.15, -0.1) is 0 Å². The molecular formula is C22H29N5O7S2. The molecular weight excluding hydrogens is 510 g/mol. The third-order valence-corrected chi connectivity index (χ3v) is 6.10. The molecule has 0 bridgehead atoms. The molecule has 12 nitrogen and oxygen atoms in total. The number of fused-ring (bicyclic) bond motifs is 1. The first kappa shape index (κ1) is 29.0. The number of hydrogen-bond donors (Lipinski definition) is 9. The van der Waals surface area contributed by atoms with Gasteiger partial charge in [0.15, 0.2) is 0 Å². The lowest BCUT2D eigenvalue weighted by Gasteiger charge is -2.24. The van der Waals surface area contributed by atoms with Gasteiger partial charge in [0.25, 0.3) is 0 Å². The number of carbonyl (C=O) groups excluding carboxylic acids is 3. The van der Waals surface area contributed by atoms with Gasteiger partial charge in [0.2, 0.25) is 17.7 Å². The summed E-state index contributed by atoms with van der Waals surface area (Å²) in [7, 11) is 0. The van der Waals surface area contributed by atoms with Crippen LogP contribution in [0.2, 0.25) is 0 Å². The molecule has 2 rings (SSSR count). The monoisotopic (exact) mass is 539 g/mol. The van der Waals surface area contributed by atoms with Crippen molar-refractivity contribution < 1.29 is 34.2 Å². The van der Waals surface area contributed by atoms with Crippen LogP contribution in [0.5, 0.6) is 0 Å². The maximum atomic E-state index is 13.0. The number of carboxylic acids is 2. The molecule has 1 aromatic heterocycles.